The molecule has 41 heavy (non-hydrogen) atoms. The highest BCUT2D eigenvalue weighted by molar-refractivity contribution is 7.92. The van der Waals surface area contributed by atoms with E-state index in [0.29, 0.717) is 10.4 Å². The van der Waals surface area contributed by atoms with Gasteiger partial charge in [0.2, 0.25) is 0 Å². The quantitative estimate of drug-likeness (QED) is 0.202. The second kappa shape index (κ2) is 11.6. The number of carbonyl (C=O) groups is 1. The SMILES string of the molecule is Cc1ccc(-n2c(C)cc(/C=N\NC(=O)CN(c3cccc(C(F)(F)F)c3)S(=O)(=O)c3ccc(C)cc3)c2C)cc1. The van der Waals surface area contributed by atoms with Crippen molar-refractivity contribution in [2.24, 2.45) is 5.10 Å². The lowest BCUT2D eigenvalue weighted by Crippen LogP contribution is -2.39. The molecule has 0 bridgehead atoms. The fourth-order valence-corrected chi connectivity index (χ4v) is 5.75. The first kappa shape index (κ1) is 29.6. The summed E-state index contributed by atoms with van der Waals surface area (Å²) in [7, 11) is -4.40. The Bertz CT molecular complexity index is 1690. The van der Waals surface area contributed by atoms with Crippen LogP contribution in [0.1, 0.15) is 33.6 Å². The molecule has 0 saturated carbocycles. The fourth-order valence-electron chi connectivity index (χ4n) is 4.34. The summed E-state index contributed by atoms with van der Waals surface area (Å²) in [4.78, 5) is 12.7. The van der Waals surface area contributed by atoms with Crippen LogP contribution in [-0.4, -0.2) is 31.7 Å². The minimum Gasteiger partial charge on any atom is -0.318 e. The Hall–Kier alpha value is -4.38. The number of aromatic nitrogens is 1. The number of alkyl halides is 3. The molecule has 1 N–H and O–H groups in total. The molecule has 0 aliphatic rings. The Morgan fingerprint density at radius 3 is 2.15 bits per heavy atom. The van der Waals surface area contributed by atoms with Gasteiger partial charge in [-0.25, -0.2) is 13.8 Å². The van der Waals surface area contributed by atoms with Gasteiger partial charge in [-0.2, -0.15) is 18.3 Å². The third-order valence-corrected chi connectivity index (χ3v) is 8.30. The van der Waals surface area contributed by atoms with E-state index < -0.39 is 34.2 Å². The van der Waals surface area contributed by atoms with Crippen LogP contribution in [0.5, 0.6) is 0 Å². The van der Waals surface area contributed by atoms with Crippen molar-refractivity contribution in [2.45, 2.75) is 38.8 Å². The molecule has 0 fully saturated rings. The summed E-state index contributed by atoms with van der Waals surface area (Å²) in [5.41, 5.74) is 6.39. The standard InChI is InChI=1S/C30H29F3N4O3S/c1-20-8-12-26(13-9-20)37-22(3)16-24(23(37)4)18-34-35-29(38)19-36(27-7-5-6-25(17-27)30(31,32)33)41(39,40)28-14-10-21(2)11-15-28/h5-18H,19H2,1-4H3,(H,35,38)/b34-18-. The number of hydrogen-bond donors (Lipinski definition) is 1. The predicted octanol–water partition coefficient (Wildman–Crippen LogP) is 6.08. The number of sulfonamides is 1. The second-order valence-electron chi connectivity index (χ2n) is 9.66. The molecular formula is C30H29F3N4O3S. The van der Waals surface area contributed by atoms with Gasteiger partial charge in [0.15, 0.2) is 0 Å². The Morgan fingerprint density at radius 2 is 1.54 bits per heavy atom. The number of hydrazone groups is 1. The van der Waals surface area contributed by atoms with E-state index in [-0.39, 0.29) is 10.6 Å². The number of halogens is 3. The molecular weight excluding hydrogens is 553 g/mol. The van der Waals surface area contributed by atoms with Crippen LogP contribution in [0.3, 0.4) is 0 Å². The average Bonchev–Trinajstić information content (AvgIpc) is 3.20. The van der Waals surface area contributed by atoms with Gasteiger partial charge >= 0.3 is 6.18 Å². The van der Waals surface area contributed by atoms with Crippen molar-refractivity contribution in [3.05, 3.63) is 113 Å². The highest BCUT2D eigenvalue weighted by Gasteiger charge is 2.33. The lowest BCUT2D eigenvalue weighted by Gasteiger charge is -2.24. The monoisotopic (exact) mass is 582 g/mol. The Labute approximate surface area is 237 Å². The van der Waals surface area contributed by atoms with Gasteiger partial charge in [0.25, 0.3) is 15.9 Å². The van der Waals surface area contributed by atoms with Crippen molar-refractivity contribution in [3.8, 4) is 5.69 Å². The number of nitrogens with one attached hydrogen (secondary N) is 1. The van der Waals surface area contributed by atoms with Gasteiger partial charge in [-0.3, -0.25) is 9.10 Å². The van der Waals surface area contributed by atoms with Crippen molar-refractivity contribution in [1.82, 2.24) is 9.99 Å². The number of rotatable bonds is 8. The molecule has 7 nitrogen and oxygen atoms in total. The topological polar surface area (TPSA) is 83.8 Å². The zero-order valence-electron chi connectivity index (χ0n) is 22.9. The summed E-state index contributed by atoms with van der Waals surface area (Å²) in [6, 6.07) is 19.5. The van der Waals surface area contributed by atoms with Gasteiger partial charge in [-0.1, -0.05) is 41.5 Å². The number of amides is 1. The van der Waals surface area contributed by atoms with Crippen LogP contribution < -0.4 is 9.73 Å². The smallest absolute Gasteiger partial charge is 0.318 e. The molecule has 0 aliphatic heterocycles. The molecule has 4 aromatic rings. The van der Waals surface area contributed by atoms with Crippen molar-refractivity contribution in [3.63, 3.8) is 0 Å². The lowest BCUT2D eigenvalue weighted by atomic mass is 10.2. The van der Waals surface area contributed by atoms with E-state index >= 15 is 0 Å². The minimum atomic E-state index is -4.70. The summed E-state index contributed by atoms with van der Waals surface area (Å²) in [6.07, 6.45) is -3.26. The third kappa shape index (κ3) is 6.68. The number of hydrogen-bond acceptors (Lipinski definition) is 4. The molecule has 0 spiro atoms. The van der Waals surface area contributed by atoms with Crippen LogP contribution in [0, 0.1) is 27.7 Å². The van der Waals surface area contributed by atoms with E-state index in [1.54, 1.807) is 19.1 Å². The van der Waals surface area contributed by atoms with E-state index in [9.17, 15) is 26.4 Å². The van der Waals surface area contributed by atoms with Gasteiger partial charge < -0.3 is 4.57 Å². The second-order valence-corrected chi connectivity index (χ2v) is 11.5. The van der Waals surface area contributed by atoms with Gasteiger partial charge in [-0.05, 0) is 76.2 Å². The van der Waals surface area contributed by atoms with E-state index in [2.05, 4.69) is 10.5 Å². The summed E-state index contributed by atoms with van der Waals surface area (Å²) >= 11 is 0. The van der Waals surface area contributed by atoms with Crippen LogP contribution in [0.25, 0.3) is 5.69 Å². The van der Waals surface area contributed by atoms with Gasteiger partial charge in [0, 0.05) is 22.6 Å². The van der Waals surface area contributed by atoms with Gasteiger partial charge in [0.05, 0.1) is 22.4 Å². The third-order valence-electron chi connectivity index (χ3n) is 6.51. The van der Waals surface area contributed by atoms with Crippen LogP contribution >= 0.6 is 0 Å². The van der Waals surface area contributed by atoms with Gasteiger partial charge in [0.1, 0.15) is 6.54 Å². The van der Waals surface area contributed by atoms with Crippen LogP contribution in [0.2, 0.25) is 0 Å². The number of aryl methyl sites for hydroxylation is 3. The Morgan fingerprint density at radius 1 is 0.927 bits per heavy atom. The first-order valence-corrected chi connectivity index (χ1v) is 14.1. The number of benzene rings is 3. The van der Waals surface area contributed by atoms with Crippen molar-refractivity contribution in [1.29, 1.82) is 0 Å². The van der Waals surface area contributed by atoms with Crippen LogP contribution in [0.4, 0.5) is 18.9 Å². The molecule has 0 saturated heterocycles. The summed E-state index contributed by atoms with van der Waals surface area (Å²) < 4.78 is 69.9. The molecule has 0 radical (unpaired) electrons. The van der Waals surface area contributed by atoms with E-state index in [0.717, 1.165) is 45.9 Å². The molecule has 11 heteroatoms. The molecule has 0 atom stereocenters. The van der Waals surface area contributed by atoms with Gasteiger partial charge in [-0.15, -0.1) is 0 Å². The molecule has 3 aromatic carbocycles. The maximum absolute atomic E-state index is 13.5. The lowest BCUT2D eigenvalue weighted by molar-refractivity contribution is -0.137. The summed E-state index contributed by atoms with van der Waals surface area (Å²) in [5.74, 6) is -0.832. The molecule has 214 valence electrons. The first-order chi connectivity index (χ1) is 19.3. The maximum atomic E-state index is 13.5. The van der Waals surface area contributed by atoms with E-state index in [1.165, 1.54) is 24.4 Å². The molecule has 1 amide bonds. The molecule has 1 heterocycles. The fraction of sp³-hybridized carbons (Fsp3) is 0.200. The molecule has 0 unspecified atom stereocenters. The normalized spacial score (nSPS) is 12.1. The summed E-state index contributed by atoms with van der Waals surface area (Å²) in [6.45, 7) is 6.81. The number of nitrogens with zero attached hydrogens (tertiary/aromatic N) is 3. The minimum absolute atomic E-state index is 0.166. The number of carbonyl (C=O) groups excluding carboxylic acids is 1. The highest BCUT2D eigenvalue weighted by Crippen LogP contribution is 2.33. The van der Waals surface area contributed by atoms with Crippen molar-refractivity contribution < 1.29 is 26.4 Å². The zero-order valence-corrected chi connectivity index (χ0v) is 23.7. The molecule has 1 aromatic heterocycles. The van der Waals surface area contributed by atoms with E-state index in [4.69, 9.17) is 0 Å². The highest BCUT2D eigenvalue weighted by atomic mass is 32.2. The van der Waals surface area contributed by atoms with Crippen molar-refractivity contribution >= 4 is 27.8 Å². The summed E-state index contributed by atoms with van der Waals surface area (Å²) in [5, 5.41) is 4.00. The van der Waals surface area contributed by atoms with Crippen LogP contribution in [0.15, 0.2) is 88.9 Å². The predicted molar refractivity (Wildman–Crippen MR) is 153 cm³/mol. The zero-order chi connectivity index (χ0) is 29.9. The van der Waals surface area contributed by atoms with E-state index in [1.807, 2.05) is 55.7 Å². The largest absolute Gasteiger partial charge is 0.416 e. The van der Waals surface area contributed by atoms with Crippen molar-refractivity contribution in [2.75, 3.05) is 10.8 Å². The average molecular weight is 583 g/mol. The number of anilines is 1. The maximum Gasteiger partial charge on any atom is 0.416 e. The van der Waals surface area contributed by atoms with Crippen LogP contribution in [-0.2, 0) is 21.0 Å². The molecule has 0 aliphatic carbocycles. The Balaban J connectivity index is 1.59. The molecule has 4 rings (SSSR count). The first-order valence-electron chi connectivity index (χ1n) is 12.6. The Kier molecular flexibility index (Phi) is 8.39.